The molecule has 0 fully saturated rings. The van der Waals surface area contributed by atoms with Crippen LogP contribution in [-0.4, -0.2) is 26.6 Å². The first-order chi connectivity index (χ1) is 8.60. The van der Waals surface area contributed by atoms with Crippen LogP contribution in [0.4, 0.5) is 5.69 Å². The number of unbranched alkanes of at least 4 members (excludes halogenated alkanes) is 1. The molecule has 1 rings (SSSR count). The molecule has 1 amide bonds. The van der Waals surface area contributed by atoms with Gasteiger partial charge in [-0.25, -0.2) is 0 Å². The number of nitrogens with two attached hydrogens (primary N) is 1. The highest BCUT2D eigenvalue weighted by Crippen LogP contribution is 2.28. The Kier molecular flexibility index (Phi) is 5.95. The maximum absolute atomic E-state index is 11.9. The summed E-state index contributed by atoms with van der Waals surface area (Å²) in [6, 6.07) is 5.29. The predicted octanol–water partition coefficient (Wildman–Crippen LogP) is 2.44. The smallest absolute Gasteiger partial charge is 0.226 e. The molecule has 0 atom stereocenters. The summed E-state index contributed by atoms with van der Waals surface area (Å²) in [4.78, 5) is 13.5. The molecule has 0 aliphatic rings. The number of carbonyl (C=O) groups is 1. The van der Waals surface area contributed by atoms with Gasteiger partial charge in [-0.05, 0) is 37.6 Å². The summed E-state index contributed by atoms with van der Waals surface area (Å²) in [6.07, 6.45) is 2.17. The average Bonchev–Trinajstić information content (AvgIpc) is 2.38. The van der Waals surface area contributed by atoms with E-state index in [0.29, 0.717) is 23.7 Å². The molecule has 0 saturated heterocycles. The lowest BCUT2D eigenvalue weighted by molar-refractivity contribution is -0.118. The van der Waals surface area contributed by atoms with Crippen molar-refractivity contribution in [3.05, 3.63) is 23.2 Å². The molecule has 1 aromatic rings. The first kappa shape index (κ1) is 14.8. The van der Waals surface area contributed by atoms with Gasteiger partial charge in [-0.3, -0.25) is 4.79 Å². The van der Waals surface area contributed by atoms with Crippen molar-refractivity contribution < 1.29 is 9.53 Å². The molecule has 4 nitrogen and oxygen atoms in total. The number of anilines is 1. The number of hydrogen-bond donors (Lipinski definition) is 1. The van der Waals surface area contributed by atoms with Crippen LogP contribution in [-0.2, 0) is 4.79 Å². The second kappa shape index (κ2) is 7.24. The lowest BCUT2D eigenvalue weighted by atomic mass is 10.2. The highest BCUT2D eigenvalue weighted by Gasteiger charge is 2.12. The van der Waals surface area contributed by atoms with Crippen molar-refractivity contribution in [2.24, 2.45) is 5.73 Å². The van der Waals surface area contributed by atoms with Gasteiger partial charge in [0.05, 0.1) is 12.1 Å². The summed E-state index contributed by atoms with van der Waals surface area (Å²) in [5, 5.41) is 0.497. The van der Waals surface area contributed by atoms with Crippen LogP contribution in [0.2, 0.25) is 5.02 Å². The maximum atomic E-state index is 11.9. The summed E-state index contributed by atoms with van der Waals surface area (Å²) >= 11 is 6.03. The molecule has 1 aromatic carbocycles. The molecule has 18 heavy (non-hydrogen) atoms. The Morgan fingerprint density at radius 1 is 1.44 bits per heavy atom. The molecular weight excluding hydrogens is 252 g/mol. The third-order valence-corrected chi connectivity index (χ3v) is 3.04. The number of halogens is 1. The molecule has 5 heteroatoms. The number of amides is 1. The lowest BCUT2D eigenvalue weighted by Gasteiger charge is -2.18. The highest BCUT2D eigenvalue weighted by atomic mass is 35.5. The number of benzene rings is 1. The van der Waals surface area contributed by atoms with Crippen molar-refractivity contribution in [3.8, 4) is 5.75 Å². The molecule has 0 saturated carbocycles. The number of hydrogen-bond acceptors (Lipinski definition) is 3. The second-order valence-electron chi connectivity index (χ2n) is 4.02. The van der Waals surface area contributed by atoms with Gasteiger partial charge in [0.1, 0.15) is 5.75 Å². The van der Waals surface area contributed by atoms with Crippen molar-refractivity contribution in [1.82, 2.24) is 0 Å². The van der Waals surface area contributed by atoms with Gasteiger partial charge in [0, 0.05) is 19.2 Å². The Morgan fingerprint density at radius 3 is 2.72 bits per heavy atom. The Balaban J connectivity index is 2.68. The van der Waals surface area contributed by atoms with E-state index in [1.807, 2.05) is 6.07 Å². The zero-order valence-electron chi connectivity index (χ0n) is 10.8. The fraction of sp³-hybridized carbons (Fsp3) is 0.462. The van der Waals surface area contributed by atoms with Crippen molar-refractivity contribution in [2.75, 3.05) is 25.6 Å². The molecule has 0 spiro atoms. The summed E-state index contributed by atoms with van der Waals surface area (Å²) in [5.74, 6) is 0.661. The Labute approximate surface area is 113 Å². The topological polar surface area (TPSA) is 55.6 Å². The zero-order chi connectivity index (χ0) is 13.5. The molecule has 0 heterocycles. The quantitative estimate of drug-likeness (QED) is 0.808. The van der Waals surface area contributed by atoms with E-state index < -0.39 is 0 Å². The average molecular weight is 271 g/mol. The highest BCUT2D eigenvalue weighted by molar-refractivity contribution is 6.32. The molecule has 2 N–H and O–H groups in total. The SMILES string of the molecule is COc1ccc(N(C)C(=O)CCCCN)cc1Cl. The number of nitrogens with zero attached hydrogens (tertiary/aromatic N) is 1. The van der Waals surface area contributed by atoms with Gasteiger partial charge >= 0.3 is 0 Å². The predicted molar refractivity (Wildman–Crippen MR) is 74.3 cm³/mol. The van der Waals surface area contributed by atoms with Crippen LogP contribution in [0.25, 0.3) is 0 Å². The standard InChI is InChI=1S/C13H19ClN2O2/c1-16(13(17)5-3-4-8-15)10-6-7-12(18-2)11(14)9-10/h6-7,9H,3-5,8,15H2,1-2H3. The maximum Gasteiger partial charge on any atom is 0.226 e. The van der Waals surface area contributed by atoms with Crippen LogP contribution >= 0.6 is 11.6 Å². The third-order valence-electron chi connectivity index (χ3n) is 2.74. The van der Waals surface area contributed by atoms with Gasteiger partial charge < -0.3 is 15.4 Å². The van der Waals surface area contributed by atoms with E-state index in [9.17, 15) is 4.79 Å². The van der Waals surface area contributed by atoms with E-state index in [0.717, 1.165) is 18.5 Å². The van der Waals surface area contributed by atoms with Crippen LogP contribution in [0.3, 0.4) is 0 Å². The summed E-state index contributed by atoms with van der Waals surface area (Å²) < 4.78 is 5.07. The third kappa shape index (κ3) is 3.89. The minimum absolute atomic E-state index is 0.0599. The summed E-state index contributed by atoms with van der Waals surface area (Å²) in [6.45, 7) is 0.616. The number of carbonyl (C=O) groups excluding carboxylic acids is 1. The first-order valence-corrected chi connectivity index (χ1v) is 6.28. The van der Waals surface area contributed by atoms with Crippen LogP contribution in [0.5, 0.6) is 5.75 Å². The second-order valence-corrected chi connectivity index (χ2v) is 4.42. The number of methoxy groups -OCH3 is 1. The van der Waals surface area contributed by atoms with E-state index in [-0.39, 0.29) is 5.91 Å². The minimum Gasteiger partial charge on any atom is -0.495 e. The van der Waals surface area contributed by atoms with Gasteiger partial charge in [0.15, 0.2) is 0 Å². The van der Waals surface area contributed by atoms with E-state index in [1.165, 1.54) is 0 Å². The van der Waals surface area contributed by atoms with Crippen molar-refractivity contribution in [3.63, 3.8) is 0 Å². The lowest BCUT2D eigenvalue weighted by Crippen LogP contribution is -2.26. The molecule has 0 aliphatic carbocycles. The fourth-order valence-electron chi connectivity index (χ4n) is 1.60. The van der Waals surface area contributed by atoms with E-state index in [1.54, 1.807) is 31.2 Å². The Morgan fingerprint density at radius 2 is 2.17 bits per heavy atom. The summed E-state index contributed by atoms with van der Waals surface area (Å²) in [5.41, 5.74) is 6.16. The Hall–Kier alpha value is -1.26. The van der Waals surface area contributed by atoms with Gasteiger partial charge in [-0.2, -0.15) is 0 Å². The van der Waals surface area contributed by atoms with Crippen molar-refractivity contribution in [2.45, 2.75) is 19.3 Å². The molecule has 100 valence electrons. The Bertz CT molecular complexity index is 410. The normalized spacial score (nSPS) is 10.2. The van der Waals surface area contributed by atoms with E-state index >= 15 is 0 Å². The van der Waals surface area contributed by atoms with Crippen LogP contribution < -0.4 is 15.4 Å². The van der Waals surface area contributed by atoms with Gasteiger partial charge in [-0.15, -0.1) is 0 Å². The van der Waals surface area contributed by atoms with E-state index in [4.69, 9.17) is 22.1 Å². The van der Waals surface area contributed by atoms with Crippen molar-refractivity contribution in [1.29, 1.82) is 0 Å². The zero-order valence-corrected chi connectivity index (χ0v) is 11.5. The fourth-order valence-corrected chi connectivity index (χ4v) is 1.85. The van der Waals surface area contributed by atoms with Crippen molar-refractivity contribution >= 4 is 23.2 Å². The van der Waals surface area contributed by atoms with Gasteiger partial charge in [0.25, 0.3) is 0 Å². The van der Waals surface area contributed by atoms with E-state index in [2.05, 4.69) is 0 Å². The molecule has 0 radical (unpaired) electrons. The molecular formula is C13H19ClN2O2. The van der Waals surface area contributed by atoms with Gasteiger partial charge in [0.2, 0.25) is 5.91 Å². The molecule has 0 aromatic heterocycles. The monoisotopic (exact) mass is 270 g/mol. The molecule has 0 unspecified atom stereocenters. The summed E-state index contributed by atoms with van der Waals surface area (Å²) in [7, 11) is 3.30. The van der Waals surface area contributed by atoms with Crippen LogP contribution in [0.1, 0.15) is 19.3 Å². The van der Waals surface area contributed by atoms with Gasteiger partial charge in [-0.1, -0.05) is 11.6 Å². The first-order valence-electron chi connectivity index (χ1n) is 5.90. The molecule has 0 bridgehead atoms. The minimum atomic E-state index is 0.0599. The van der Waals surface area contributed by atoms with Crippen LogP contribution in [0.15, 0.2) is 18.2 Å². The van der Waals surface area contributed by atoms with Crippen LogP contribution in [0, 0.1) is 0 Å². The number of ether oxygens (including phenoxy) is 1. The largest absolute Gasteiger partial charge is 0.495 e. The number of rotatable bonds is 6. The molecule has 0 aliphatic heterocycles.